The minimum absolute atomic E-state index is 0.0410. The van der Waals surface area contributed by atoms with Crippen molar-refractivity contribution in [2.24, 2.45) is 0 Å². The number of hydrogen-bond donors (Lipinski definition) is 2. The molecule has 1 aromatic rings. The van der Waals surface area contributed by atoms with E-state index in [1.807, 2.05) is 0 Å². The third kappa shape index (κ3) is 5.20. The van der Waals surface area contributed by atoms with Crippen LogP contribution in [-0.4, -0.2) is 27.8 Å². The van der Waals surface area contributed by atoms with Gasteiger partial charge in [0.15, 0.2) is 0 Å². The summed E-state index contributed by atoms with van der Waals surface area (Å²) >= 11 is 5.68. The maximum Gasteiger partial charge on any atom is 0.232 e. The van der Waals surface area contributed by atoms with Crippen molar-refractivity contribution in [3.63, 3.8) is 0 Å². The molecule has 0 aliphatic rings. The largest absolute Gasteiger partial charge is 0.320 e. The van der Waals surface area contributed by atoms with E-state index in [1.165, 1.54) is 12.1 Å². The van der Waals surface area contributed by atoms with Gasteiger partial charge in [0.1, 0.15) is 5.82 Å². The van der Waals surface area contributed by atoms with Crippen molar-refractivity contribution >= 4 is 27.3 Å². The molecule has 0 spiro atoms. The average Bonchev–Trinajstić information content (AvgIpc) is 2.29. The molecule has 0 amide bonds. The second-order valence-corrected chi connectivity index (χ2v) is 6.13. The predicted octanol–water partition coefficient (Wildman–Crippen LogP) is 2.22. The maximum atomic E-state index is 13.3. The van der Waals surface area contributed by atoms with Crippen molar-refractivity contribution in [2.45, 2.75) is 12.8 Å². The first-order chi connectivity index (χ1) is 8.44. The molecule has 0 saturated heterocycles. The predicted molar refractivity (Wildman–Crippen MR) is 72.0 cm³/mol. The molecule has 0 aliphatic carbocycles. The Morgan fingerprint density at radius 2 is 2.06 bits per heavy atom. The number of halogens is 2. The molecular weight excluding hydrogens is 279 g/mol. The molecule has 0 aliphatic heterocycles. The first-order valence-corrected chi connectivity index (χ1v) is 7.58. The second-order valence-electron chi connectivity index (χ2n) is 3.86. The van der Waals surface area contributed by atoms with Crippen molar-refractivity contribution in [1.82, 2.24) is 5.32 Å². The van der Waals surface area contributed by atoms with Crippen molar-refractivity contribution in [3.05, 3.63) is 29.0 Å². The lowest BCUT2D eigenvalue weighted by atomic mass is 10.3. The number of nitrogens with one attached hydrogen (secondary N) is 2. The van der Waals surface area contributed by atoms with Gasteiger partial charge in [0, 0.05) is 5.02 Å². The van der Waals surface area contributed by atoms with E-state index in [1.54, 1.807) is 7.05 Å². The van der Waals surface area contributed by atoms with Crippen LogP contribution in [0.25, 0.3) is 0 Å². The molecule has 1 aromatic carbocycles. The molecule has 0 unspecified atom stereocenters. The molecule has 0 aromatic heterocycles. The van der Waals surface area contributed by atoms with Crippen molar-refractivity contribution in [3.8, 4) is 0 Å². The lowest BCUT2D eigenvalue weighted by Crippen LogP contribution is -2.18. The summed E-state index contributed by atoms with van der Waals surface area (Å²) in [5, 5.41) is 3.21. The van der Waals surface area contributed by atoms with E-state index in [9.17, 15) is 12.8 Å². The van der Waals surface area contributed by atoms with Gasteiger partial charge in [-0.3, -0.25) is 4.72 Å². The lowest BCUT2D eigenvalue weighted by molar-refractivity contribution is 0.593. The normalized spacial score (nSPS) is 11.5. The SMILES string of the molecule is CNCCCCS(=O)(=O)Nc1cc(Cl)ccc1F. The number of sulfonamides is 1. The Kier molecular flexibility index (Phi) is 5.84. The fourth-order valence-corrected chi connectivity index (χ4v) is 2.74. The standard InChI is InChI=1S/C11H16ClFN2O2S/c1-14-6-2-3-7-18(16,17)15-11-8-9(12)4-5-10(11)13/h4-5,8,14-15H,2-3,6-7H2,1H3. The van der Waals surface area contributed by atoms with Gasteiger partial charge in [-0.05, 0) is 44.6 Å². The zero-order valence-electron chi connectivity index (χ0n) is 10.0. The van der Waals surface area contributed by atoms with E-state index in [-0.39, 0.29) is 16.5 Å². The Balaban J connectivity index is 2.62. The summed E-state index contributed by atoms with van der Waals surface area (Å²) in [6.45, 7) is 0.751. The van der Waals surface area contributed by atoms with Gasteiger partial charge in [-0.1, -0.05) is 11.6 Å². The summed E-state index contributed by atoms with van der Waals surface area (Å²) in [6, 6.07) is 3.74. The first-order valence-electron chi connectivity index (χ1n) is 5.55. The van der Waals surface area contributed by atoms with E-state index in [2.05, 4.69) is 10.0 Å². The van der Waals surface area contributed by atoms with Crippen LogP contribution in [0.5, 0.6) is 0 Å². The Hall–Kier alpha value is -0.850. The highest BCUT2D eigenvalue weighted by Gasteiger charge is 2.13. The summed E-state index contributed by atoms with van der Waals surface area (Å²) in [4.78, 5) is 0. The van der Waals surface area contributed by atoms with Gasteiger partial charge in [0.05, 0.1) is 11.4 Å². The van der Waals surface area contributed by atoms with Crippen molar-refractivity contribution in [2.75, 3.05) is 24.1 Å². The molecule has 4 nitrogen and oxygen atoms in total. The van der Waals surface area contributed by atoms with Crippen LogP contribution in [0.3, 0.4) is 0 Å². The highest BCUT2D eigenvalue weighted by Crippen LogP contribution is 2.20. The Bertz CT molecular complexity index is 494. The molecule has 0 saturated carbocycles. The molecule has 102 valence electrons. The topological polar surface area (TPSA) is 58.2 Å². The smallest absolute Gasteiger partial charge is 0.232 e. The number of hydrogen-bond acceptors (Lipinski definition) is 3. The zero-order valence-corrected chi connectivity index (χ0v) is 11.6. The van der Waals surface area contributed by atoms with Gasteiger partial charge >= 0.3 is 0 Å². The third-order valence-corrected chi connectivity index (χ3v) is 3.88. The lowest BCUT2D eigenvalue weighted by Gasteiger charge is -2.09. The summed E-state index contributed by atoms with van der Waals surface area (Å²) in [7, 11) is -1.73. The van der Waals surface area contributed by atoms with E-state index >= 15 is 0 Å². The zero-order chi connectivity index (χ0) is 13.6. The minimum atomic E-state index is -3.53. The number of anilines is 1. The molecule has 0 radical (unpaired) electrons. The average molecular weight is 295 g/mol. The van der Waals surface area contributed by atoms with Gasteiger partial charge in [-0.15, -0.1) is 0 Å². The summed E-state index contributed by atoms with van der Waals surface area (Å²) in [6.07, 6.45) is 1.26. The number of rotatable bonds is 7. The van der Waals surface area contributed by atoms with Crippen LogP contribution in [0, 0.1) is 5.82 Å². The van der Waals surface area contributed by atoms with Crippen LogP contribution in [0.2, 0.25) is 5.02 Å². The minimum Gasteiger partial charge on any atom is -0.320 e. The van der Waals surface area contributed by atoms with Crippen LogP contribution in [0.1, 0.15) is 12.8 Å². The van der Waals surface area contributed by atoms with E-state index in [0.29, 0.717) is 6.42 Å². The number of unbranched alkanes of at least 4 members (excludes halogenated alkanes) is 1. The van der Waals surface area contributed by atoms with Crippen LogP contribution >= 0.6 is 11.6 Å². The van der Waals surface area contributed by atoms with Crippen molar-refractivity contribution < 1.29 is 12.8 Å². The third-order valence-electron chi connectivity index (χ3n) is 2.28. The summed E-state index contributed by atoms with van der Waals surface area (Å²) < 4.78 is 38.9. The molecule has 18 heavy (non-hydrogen) atoms. The summed E-state index contributed by atoms with van der Waals surface area (Å²) in [5.74, 6) is -0.682. The monoisotopic (exact) mass is 294 g/mol. The van der Waals surface area contributed by atoms with E-state index in [4.69, 9.17) is 11.6 Å². The Morgan fingerprint density at radius 3 is 2.72 bits per heavy atom. The number of benzene rings is 1. The molecule has 1 rings (SSSR count). The fourth-order valence-electron chi connectivity index (χ4n) is 1.39. The molecule has 0 fully saturated rings. The molecular formula is C11H16ClFN2O2S. The quantitative estimate of drug-likeness (QED) is 0.758. The van der Waals surface area contributed by atoms with Gasteiger partial charge in [-0.2, -0.15) is 0 Å². The second kappa shape index (κ2) is 6.92. The Morgan fingerprint density at radius 1 is 1.33 bits per heavy atom. The first kappa shape index (κ1) is 15.2. The molecule has 0 bridgehead atoms. The van der Waals surface area contributed by atoms with Crippen molar-refractivity contribution in [1.29, 1.82) is 0 Å². The highest BCUT2D eigenvalue weighted by atomic mass is 35.5. The van der Waals surface area contributed by atoms with Crippen LogP contribution < -0.4 is 10.0 Å². The van der Waals surface area contributed by atoms with Gasteiger partial charge < -0.3 is 5.32 Å². The molecule has 0 atom stereocenters. The Labute approximate surface area is 112 Å². The molecule has 2 N–H and O–H groups in total. The summed E-state index contributed by atoms with van der Waals surface area (Å²) in [5.41, 5.74) is -0.115. The highest BCUT2D eigenvalue weighted by molar-refractivity contribution is 7.92. The maximum absolute atomic E-state index is 13.3. The van der Waals surface area contributed by atoms with Gasteiger partial charge in [0.2, 0.25) is 10.0 Å². The molecule has 7 heteroatoms. The van der Waals surface area contributed by atoms with Crippen LogP contribution in [0.4, 0.5) is 10.1 Å². The van der Waals surface area contributed by atoms with E-state index < -0.39 is 15.8 Å². The van der Waals surface area contributed by atoms with Crippen LogP contribution in [0.15, 0.2) is 18.2 Å². The van der Waals surface area contributed by atoms with Gasteiger partial charge in [-0.25, -0.2) is 12.8 Å². The van der Waals surface area contributed by atoms with Crippen LogP contribution in [-0.2, 0) is 10.0 Å². The molecule has 0 heterocycles. The van der Waals surface area contributed by atoms with Gasteiger partial charge in [0.25, 0.3) is 0 Å². The fraction of sp³-hybridized carbons (Fsp3) is 0.455. The van der Waals surface area contributed by atoms with E-state index in [0.717, 1.165) is 19.0 Å².